The minimum atomic E-state index is -0.0697. The highest BCUT2D eigenvalue weighted by Gasteiger charge is 2.20. The van der Waals surface area contributed by atoms with Crippen molar-refractivity contribution in [3.8, 4) is 0 Å². The first-order valence-electron chi connectivity index (χ1n) is 7.79. The molecular formula is C15H23N5O. The fourth-order valence-electron chi connectivity index (χ4n) is 3.01. The van der Waals surface area contributed by atoms with Gasteiger partial charge in [0.2, 0.25) is 0 Å². The van der Waals surface area contributed by atoms with Crippen LogP contribution in [0, 0.1) is 0 Å². The zero-order valence-corrected chi connectivity index (χ0v) is 12.6. The minimum Gasteiger partial charge on any atom is -0.354 e. The summed E-state index contributed by atoms with van der Waals surface area (Å²) in [6.07, 6.45) is 6.09. The number of carbonyl (C=O) groups excluding carboxylic acids is 1. The van der Waals surface area contributed by atoms with Gasteiger partial charge in [-0.2, -0.15) is 0 Å². The molecule has 0 bridgehead atoms. The molecule has 114 valence electrons. The van der Waals surface area contributed by atoms with E-state index in [-0.39, 0.29) is 5.91 Å². The van der Waals surface area contributed by atoms with Crippen molar-refractivity contribution in [2.24, 2.45) is 0 Å². The zero-order chi connectivity index (χ0) is 14.7. The van der Waals surface area contributed by atoms with Gasteiger partial charge in [-0.25, -0.2) is 9.97 Å². The van der Waals surface area contributed by atoms with Crippen LogP contribution in [-0.4, -0.2) is 60.0 Å². The number of carbonyl (C=O) groups is 1. The third-order valence-corrected chi connectivity index (χ3v) is 4.40. The quantitative estimate of drug-likeness (QED) is 0.896. The lowest BCUT2D eigenvalue weighted by atomic mass is 10.2. The van der Waals surface area contributed by atoms with Crippen molar-refractivity contribution in [1.29, 1.82) is 0 Å². The average molecular weight is 289 g/mol. The molecule has 0 aromatic carbocycles. The van der Waals surface area contributed by atoms with E-state index in [1.165, 1.54) is 19.2 Å². The van der Waals surface area contributed by atoms with Crippen LogP contribution in [-0.2, 0) is 0 Å². The van der Waals surface area contributed by atoms with E-state index in [0.29, 0.717) is 11.7 Å². The normalized spacial score (nSPS) is 20.7. The lowest BCUT2D eigenvalue weighted by molar-refractivity contribution is 0.0932. The van der Waals surface area contributed by atoms with Gasteiger partial charge in [-0.05, 0) is 19.9 Å². The fraction of sp³-hybridized carbons (Fsp3) is 0.667. The Morgan fingerprint density at radius 2 is 1.90 bits per heavy atom. The monoisotopic (exact) mass is 289 g/mol. The number of likely N-dealkylation sites (N-methyl/N-ethyl adjacent to an activating group) is 1. The van der Waals surface area contributed by atoms with Gasteiger partial charge in [0.05, 0.1) is 0 Å². The Morgan fingerprint density at radius 1 is 1.19 bits per heavy atom. The molecule has 0 radical (unpaired) electrons. The van der Waals surface area contributed by atoms with Crippen LogP contribution in [0.25, 0.3) is 0 Å². The van der Waals surface area contributed by atoms with Gasteiger partial charge in [-0.15, -0.1) is 0 Å². The van der Waals surface area contributed by atoms with Gasteiger partial charge < -0.3 is 15.1 Å². The fourth-order valence-corrected chi connectivity index (χ4v) is 3.01. The highest BCUT2D eigenvalue weighted by Crippen LogP contribution is 2.18. The number of piperazine rings is 1. The van der Waals surface area contributed by atoms with E-state index in [1.54, 1.807) is 0 Å². The number of nitrogens with zero attached hydrogens (tertiary/aromatic N) is 4. The number of anilines is 1. The molecule has 1 amide bonds. The summed E-state index contributed by atoms with van der Waals surface area (Å²) in [7, 11) is 2.12. The van der Waals surface area contributed by atoms with Crippen molar-refractivity contribution in [2.75, 3.05) is 38.1 Å². The first kappa shape index (κ1) is 14.3. The Hall–Kier alpha value is -1.69. The molecule has 0 atom stereocenters. The standard InChI is InChI=1S/C15H23N5O/c1-19-6-8-20(9-7-19)14-10-13(16-11-17-14)15(21)18-12-4-2-3-5-12/h10-12H,2-9H2,1H3,(H,18,21). The van der Waals surface area contributed by atoms with E-state index >= 15 is 0 Å². The van der Waals surface area contributed by atoms with Crippen molar-refractivity contribution in [2.45, 2.75) is 31.7 Å². The SMILES string of the molecule is CN1CCN(c2cc(C(=O)NC3CCCC3)ncn2)CC1. The van der Waals surface area contributed by atoms with Crippen LogP contribution >= 0.6 is 0 Å². The van der Waals surface area contributed by atoms with Crippen LogP contribution < -0.4 is 10.2 Å². The summed E-state index contributed by atoms with van der Waals surface area (Å²) in [6.45, 7) is 3.93. The Bertz CT molecular complexity index is 493. The van der Waals surface area contributed by atoms with Crippen LogP contribution in [0.4, 0.5) is 5.82 Å². The smallest absolute Gasteiger partial charge is 0.270 e. The molecule has 1 saturated carbocycles. The van der Waals surface area contributed by atoms with Gasteiger partial charge in [0.15, 0.2) is 0 Å². The average Bonchev–Trinajstić information content (AvgIpc) is 3.01. The third kappa shape index (κ3) is 3.50. The number of hydrogen-bond acceptors (Lipinski definition) is 5. The van der Waals surface area contributed by atoms with Crippen molar-refractivity contribution in [3.63, 3.8) is 0 Å². The van der Waals surface area contributed by atoms with Crippen LogP contribution in [0.2, 0.25) is 0 Å². The second-order valence-electron chi connectivity index (χ2n) is 6.01. The van der Waals surface area contributed by atoms with Gasteiger partial charge in [0, 0.05) is 38.3 Å². The second kappa shape index (κ2) is 6.39. The van der Waals surface area contributed by atoms with E-state index in [0.717, 1.165) is 44.8 Å². The Kier molecular flexibility index (Phi) is 4.34. The van der Waals surface area contributed by atoms with Crippen LogP contribution in [0.15, 0.2) is 12.4 Å². The molecule has 1 aromatic heterocycles. The molecule has 21 heavy (non-hydrogen) atoms. The predicted molar refractivity (Wildman–Crippen MR) is 81.5 cm³/mol. The second-order valence-corrected chi connectivity index (χ2v) is 6.01. The van der Waals surface area contributed by atoms with E-state index < -0.39 is 0 Å². The maximum absolute atomic E-state index is 12.3. The molecule has 0 unspecified atom stereocenters. The van der Waals surface area contributed by atoms with Crippen molar-refractivity contribution in [1.82, 2.24) is 20.2 Å². The Balaban J connectivity index is 1.66. The molecule has 3 rings (SSSR count). The van der Waals surface area contributed by atoms with Gasteiger partial charge >= 0.3 is 0 Å². The number of nitrogens with one attached hydrogen (secondary N) is 1. The van der Waals surface area contributed by atoms with Crippen LogP contribution in [0.1, 0.15) is 36.2 Å². The summed E-state index contributed by atoms with van der Waals surface area (Å²) in [6, 6.07) is 2.13. The third-order valence-electron chi connectivity index (χ3n) is 4.40. The topological polar surface area (TPSA) is 61.4 Å². The highest BCUT2D eigenvalue weighted by atomic mass is 16.1. The van der Waals surface area contributed by atoms with Crippen molar-refractivity contribution >= 4 is 11.7 Å². The predicted octanol–water partition coefficient (Wildman–Crippen LogP) is 0.901. The molecule has 6 heteroatoms. The summed E-state index contributed by atoms with van der Waals surface area (Å²) in [5.74, 6) is 0.786. The summed E-state index contributed by atoms with van der Waals surface area (Å²) in [5, 5.41) is 3.08. The maximum Gasteiger partial charge on any atom is 0.270 e. The lowest BCUT2D eigenvalue weighted by Gasteiger charge is -2.33. The summed E-state index contributed by atoms with van der Waals surface area (Å²) in [4.78, 5) is 25.2. The number of rotatable bonds is 3. The number of amides is 1. The highest BCUT2D eigenvalue weighted by molar-refractivity contribution is 5.93. The Morgan fingerprint density at radius 3 is 2.62 bits per heavy atom. The largest absolute Gasteiger partial charge is 0.354 e. The summed E-state index contributed by atoms with van der Waals surface area (Å²) < 4.78 is 0. The van der Waals surface area contributed by atoms with Crippen LogP contribution in [0.3, 0.4) is 0 Å². The minimum absolute atomic E-state index is 0.0697. The summed E-state index contributed by atoms with van der Waals surface area (Å²) in [5.41, 5.74) is 0.478. The van der Waals surface area contributed by atoms with Crippen molar-refractivity contribution < 1.29 is 4.79 Å². The molecular weight excluding hydrogens is 266 g/mol. The molecule has 6 nitrogen and oxygen atoms in total. The first-order chi connectivity index (χ1) is 10.2. The molecule has 1 aromatic rings. The van der Waals surface area contributed by atoms with E-state index in [9.17, 15) is 4.79 Å². The van der Waals surface area contributed by atoms with Gasteiger partial charge in [-0.1, -0.05) is 12.8 Å². The number of hydrogen-bond donors (Lipinski definition) is 1. The van der Waals surface area contributed by atoms with E-state index in [4.69, 9.17) is 0 Å². The molecule has 1 aliphatic heterocycles. The van der Waals surface area contributed by atoms with Gasteiger partial charge in [-0.3, -0.25) is 4.79 Å². The van der Waals surface area contributed by atoms with Gasteiger partial charge in [0.1, 0.15) is 17.8 Å². The Labute approximate surface area is 125 Å². The lowest BCUT2D eigenvalue weighted by Crippen LogP contribution is -2.45. The molecule has 0 spiro atoms. The molecule has 1 aliphatic carbocycles. The molecule has 1 N–H and O–H groups in total. The first-order valence-corrected chi connectivity index (χ1v) is 7.79. The van der Waals surface area contributed by atoms with Gasteiger partial charge in [0.25, 0.3) is 5.91 Å². The molecule has 2 fully saturated rings. The maximum atomic E-state index is 12.3. The van der Waals surface area contributed by atoms with Crippen molar-refractivity contribution in [3.05, 3.63) is 18.1 Å². The number of aromatic nitrogens is 2. The van der Waals surface area contributed by atoms with E-state index in [2.05, 4.69) is 32.1 Å². The molecule has 2 aliphatic rings. The zero-order valence-electron chi connectivity index (χ0n) is 12.6. The van der Waals surface area contributed by atoms with Crippen LogP contribution in [0.5, 0.6) is 0 Å². The summed E-state index contributed by atoms with van der Waals surface area (Å²) >= 11 is 0. The molecule has 1 saturated heterocycles. The van der Waals surface area contributed by atoms with E-state index in [1.807, 2.05) is 6.07 Å². The molecule has 2 heterocycles.